The molecule has 12 heavy (non-hydrogen) atoms. The quantitative estimate of drug-likeness (QED) is 0.701. The predicted molar refractivity (Wildman–Crippen MR) is 60.7 cm³/mol. The number of methoxy groups -OCH3 is 1. The first-order chi connectivity index (χ1) is 5.85. The zero-order valence-electron chi connectivity index (χ0n) is 7.10. The highest BCUT2D eigenvalue weighted by molar-refractivity contribution is 7.84. The van der Waals surface area contributed by atoms with Gasteiger partial charge in [0.25, 0.3) is 0 Å². The lowest BCUT2D eigenvalue weighted by Crippen LogP contribution is -1.78. The van der Waals surface area contributed by atoms with Crippen LogP contribution < -0.4 is 4.74 Å². The lowest BCUT2D eigenvalue weighted by Gasteiger charge is -1.93. The summed E-state index contributed by atoms with van der Waals surface area (Å²) < 4.78 is 4.91. The van der Waals surface area contributed by atoms with E-state index in [1.165, 1.54) is 0 Å². The van der Waals surface area contributed by atoms with E-state index in [1.807, 2.05) is 30.3 Å². The van der Waals surface area contributed by atoms with Gasteiger partial charge in [0.15, 0.2) is 0 Å². The number of rotatable bonds is 2. The highest BCUT2D eigenvalue weighted by Gasteiger charge is 1.80. The van der Waals surface area contributed by atoms with E-state index in [0.29, 0.717) is 0 Å². The van der Waals surface area contributed by atoms with Gasteiger partial charge in [0.05, 0.1) is 7.11 Å². The van der Waals surface area contributed by atoms with Crippen LogP contribution in [-0.4, -0.2) is 18.6 Å². The second-order valence-corrected chi connectivity index (χ2v) is 2.86. The van der Waals surface area contributed by atoms with Crippen molar-refractivity contribution in [1.29, 1.82) is 0 Å². The molecule has 0 aliphatic carbocycles. The maximum Gasteiger partial charge on any atom is 0.118 e. The van der Waals surface area contributed by atoms with E-state index in [2.05, 4.69) is 25.3 Å². The molecule has 0 atom stereocenters. The minimum absolute atomic E-state index is 0.878. The highest BCUT2D eigenvalue weighted by atomic mass is 32.1. The number of hydrogen-bond acceptors (Lipinski definition) is 3. The third kappa shape index (κ3) is 6.43. The third-order valence-electron chi connectivity index (χ3n) is 1.08. The van der Waals surface area contributed by atoms with Gasteiger partial charge < -0.3 is 4.74 Å². The fourth-order valence-electron chi connectivity index (χ4n) is 0.557. The molecule has 1 nitrogen and oxygen atoms in total. The Labute approximate surface area is 85.0 Å². The second kappa shape index (κ2) is 8.81. The first-order valence-corrected chi connectivity index (χ1v) is 4.92. The largest absolute Gasteiger partial charge is 0.497 e. The number of ether oxygens (including phenoxy) is 1. The molecule has 0 spiro atoms. The lowest BCUT2D eigenvalue weighted by atomic mass is 10.3. The Hall–Kier alpha value is -0.280. The van der Waals surface area contributed by atoms with Gasteiger partial charge in [-0.05, 0) is 23.6 Å². The van der Waals surface area contributed by atoms with Crippen molar-refractivity contribution in [3.8, 4) is 5.75 Å². The molecule has 0 amide bonds. The maximum atomic E-state index is 4.91. The van der Waals surface area contributed by atoms with Crippen LogP contribution in [0.25, 0.3) is 0 Å². The van der Waals surface area contributed by atoms with Gasteiger partial charge in [-0.15, -0.1) is 0 Å². The van der Waals surface area contributed by atoms with Gasteiger partial charge in [0.2, 0.25) is 0 Å². The van der Waals surface area contributed by atoms with E-state index in [9.17, 15) is 0 Å². The van der Waals surface area contributed by atoms with Crippen molar-refractivity contribution in [2.24, 2.45) is 0 Å². The van der Waals surface area contributed by atoms with E-state index < -0.39 is 0 Å². The van der Waals surface area contributed by atoms with Crippen molar-refractivity contribution < 1.29 is 4.74 Å². The average Bonchev–Trinajstić information content (AvgIpc) is 2.19. The minimum atomic E-state index is 0.878. The Bertz CT molecular complexity index is 175. The van der Waals surface area contributed by atoms with Gasteiger partial charge in [-0.3, -0.25) is 0 Å². The molecule has 0 aliphatic rings. The Balaban J connectivity index is 0.000000261. The van der Waals surface area contributed by atoms with Gasteiger partial charge in [0.1, 0.15) is 5.75 Å². The fraction of sp³-hybridized carbons (Fsp3) is 0.333. The Morgan fingerprint density at radius 1 is 1.08 bits per heavy atom. The highest BCUT2D eigenvalue weighted by Crippen LogP contribution is 2.05. The molecule has 0 aliphatic heterocycles. The molecular formula is C9H14OS2. The van der Waals surface area contributed by atoms with E-state index in [1.54, 1.807) is 7.11 Å². The van der Waals surface area contributed by atoms with Crippen LogP contribution >= 0.6 is 25.3 Å². The van der Waals surface area contributed by atoms with Gasteiger partial charge in [-0.25, -0.2) is 0 Å². The molecule has 0 heterocycles. The molecule has 0 aromatic heterocycles. The van der Waals surface area contributed by atoms with E-state index >= 15 is 0 Å². The van der Waals surface area contributed by atoms with E-state index in [0.717, 1.165) is 17.3 Å². The number of thiol groups is 2. The average molecular weight is 202 g/mol. The molecule has 1 rings (SSSR count). The summed E-state index contributed by atoms with van der Waals surface area (Å²) in [6.45, 7) is 0. The van der Waals surface area contributed by atoms with Crippen LogP contribution in [0.5, 0.6) is 5.75 Å². The van der Waals surface area contributed by atoms with Crippen LogP contribution in [0.3, 0.4) is 0 Å². The van der Waals surface area contributed by atoms with Crippen LogP contribution in [0, 0.1) is 0 Å². The number of para-hydroxylation sites is 1. The van der Waals surface area contributed by atoms with Crippen LogP contribution in [0.4, 0.5) is 0 Å². The molecule has 0 unspecified atom stereocenters. The molecule has 0 N–H and O–H groups in total. The summed E-state index contributed by atoms with van der Waals surface area (Å²) in [4.78, 5) is 0. The van der Waals surface area contributed by atoms with Crippen LogP contribution in [0.15, 0.2) is 30.3 Å². The van der Waals surface area contributed by atoms with Gasteiger partial charge in [-0.2, -0.15) is 25.3 Å². The van der Waals surface area contributed by atoms with Crippen LogP contribution in [0.2, 0.25) is 0 Å². The van der Waals surface area contributed by atoms with E-state index in [-0.39, 0.29) is 0 Å². The number of hydrogen-bond donors (Lipinski definition) is 2. The van der Waals surface area contributed by atoms with E-state index in [4.69, 9.17) is 4.74 Å². The first kappa shape index (κ1) is 11.7. The fourth-order valence-corrected chi connectivity index (χ4v) is 0.557. The topological polar surface area (TPSA) is 9.23 Å². The SMILES string of the molecule is COc1ccccc1.SCCS. The molecule has 1 aromatic rings. The standard InChI is InChI=1S/C7H8O.C2H6S2/c1-8-7-5-3-2-4-6-7;3-1-2-4/h2-6H,1H3;3-4H,1-2H2. The zero-order chi connectivity index (χ0) is 9.23. The predicted octanol–water partition coefficient (Wildman–Crippen LogP) is 2.54. The van der Waals surface area contributed by atoms with Crippen LogP contribution in [-0.2, 0) is 0 Å². The van der Waals surface area contributed by atoms with Crippen molar-refractivity contribution in [3.05, 3.63) is 30.3 Å². The van der Waals surface area contributed by atoms with Crippen molar-refractivity contribution >= 4 is 25.3 Å². The van der Waals surface area contributed by atoms with Crippen molar-refractivity contribution in [3.63, 3.8) is 0 Å². The maximum absolute atomic E-state index is 4.91. The van der Waals surface area contributed by atoms with Crippen LogP contribution in [0.1, 0.15) is 0 Å². The summed E-state index contributed by atoms with van der Waals surface area (Å²) >= 11 is 7.69. The smallest absolute Gasteiger partial charge is 0.118 e. The molecule has 0 saturated heterocycles. The summed E-state index contributed by atoms with van der Waals surface area (Å²) in [5.41, 5.74) is 0. The third-order valence-corrected chi connectivity index (χ3v) is 1.88. The normalized spacial score (nSPS) is 8.25. The lowest BCUT2D eigenvalue weighted by molar-refractivity contribution is 0.415. The minimum Gasteiger partial charge on any atom is -0.497 e. The molecule has 68 valence electrons. The monoisotopic (exact) mass is 202 g/mol. The van der Waals surface area contributed by atoms with Crippen molar-refractivity contribution in [2.45, 2.75) is 0 Å². The zero-order valence-corrected chi connectivity index (χ0v) is 8.89. The Morgan fingerprint density at radius 2 is 1.58 bits per heavy atom. The summed E-state index contributed by atoms with van der Waals surface area (Å²) in [6, 6.07) is 9.68. The van der Waals surface area contributed by atoms with Crippen molar-refractivity contribution in [2.75, 3.05) is 18.6 Å². The first-order valence-electron chi connectivity index (χ1n) is 3.66. The van der Waals surface area contributed by atoms with Gasteiger partial charge in [0, 0.05) is 0 Å². The molecular weight excluding hydrogens is 188 g/mol. The molecule has 0 fully saturated rings. The molecule has 1 aromatic carbocycles. The summed E-state index contributed by atoms with van der Waals surface area (Å²) in [5.74, 6) is 2.67. The van der Waals surface area contributed by atoms with Gasteiger partial charge in [-0.1, -0.05) is 18.2 Å². The summed E-state index contributed by atoms with van der Waals surface area (Å²) in [6.07, 6.45) is 0. The number of benzene rings is 1. The van der Waals surface area contributed by atoms with Crippen molar-refractivity contribution in [1.82, 2.24) is 0 Å². The molecule has 0 saturated carbocycles. The summed E-state index contributed by atoms with van der Waals surface area (Å²) in [5, 5.41) is 0. The summed E-state index contributed by atoms with van der Waals surface area (Å²) in [7, 11) is 1.66. The molecule has 0 bridgehead atoms. The second-order valence-electron chi connectivity index (χ2n) is 1.96. The molecule has 0 radical (unpaired) electrons. The molecule has 3 heteroatoms. The van der Waals surface area contributed by atoms with Gasteiger partial charge >= 0.3 is 0 Å². The Morgan fingerprint density at radius 3 is 1.83 bits per heavy atom. The Kier molecular flexibility index (Phi) is 8.61.